The van der Waals surface area contributed by atoms with Crippen molar-refractivity contribution in [1.82, 2.24) is 14.5 Å². The first-order chi connectivity index (χ1) is 9.17. The average molecular weight is 390 g/mol. The maximum Gasteiger partial charge on any atom is 0.139 e. The van der Waals surface area contributed by atoms with Gasteiger partial charge in [-0.15, -0.1) is 0 Å². The number of nitrogens with zero attached hydrogens (tertiary/aromatic N) is 3. The number of imidazole rings is 1. The smallest absolute Gasteiger partial charge is 0.139 e. The predicted molar refractivity (Wildman–Crippen MR) is 80.8 cm³/mol. The fraction of sp³-hybridized carbons (Fsp3) is 0.333. The molecule has 0 saturated carbocycles. The van der Waals surface area contributed by atoms with E-state index in [0.717, 1.165) is 27.1 Å². The summed E-state index contributed by atoms with van der Waals surface area (Å²) < 4.78 is 3.77. The van der Waals surface area contributed by atoms with E-state index in [1.165, 1.54) is 0 Å². The Labute approximate surface area is 128 Å². The molecular weight excluding hydrogens is 376 g/mol. The highest BCUT2D eigenvalue weighted by Crippen LogP contribution is 2.24. The maximum absolute atomic E-state index is 9.25. The maximum atomic E-state index is 9.25. The lowest BCUT2D eigenvalue weighted by atomic mass is 10.2. The minimum absolute atomic E-state index is 0.0359. The van der Waals surface area contributed by atoms with Crippen LogP contribution in [-0.2, 0) is 19.7 Å². The van der Waals surface area contributed by atoms with Crippen LogP contribution < -0.4 is 5.32 Å². The summed E-state index contributed by atoms with van der Waals surface area (Å²) in [6.45, 7) is 3.39. The van der Waals surface area contributed by atoms with Gasteiger partial charge in [0.2, 0.25) is 0 Å². The van der Waals surface area contributed by atoms with Gasteiger partial charge in [0.25, 0.3) is 0 Å². The summed E-state index contributed by atoms with van der Waals surface area (Å²) in [4.78, 5) is 8.65. The van der Waals surface area contributed by atoms with Crippen molar-refractivity contribution in [3.63, 3.8) is 0 Å². The number of halogens is 2. The minimum Gasteiger partial charge on any atom is -0.392 e. The first-order valence-electron chi connectivity index (χ1n) is 5.86. The quantitative estimate of drug-likeness (QED) is 0.825. The van der Waals surface area contributed by atoms with Crippen molar-refractivity contribution in [2.24, 2.45) is 0 Å². The molecule has 19 heavy (non-hydrogen) atoms. The van der Waals surface area contributed by atoms with Crippen LogP contribution in [-0.4, -0.2) is 19.6 Å². The predicted octanol–water partition coefficient (Wildman–Crippen LogP) is 2.93. The largest absolute Gasteiger partial charge is 0.392 e. The molecule has 0 bridgehead atoms. The third kappa shape index (κ3) is 3.16. The summed E-state index contributed by atoms with van der Waals surface area (Å²) in [6.07, 6.45) is 1.69. The molecule has 7 heteroatoms. The Kier molecular flexibility index (Phi) is 4.95. The fourth-order valence-electron chi connectivity index (χ4n) is 1.79. The Morgan fingerprint density at radius 2 is 2.21 bits per heavy atom. The van der Waals surface area contributed by atoms with E-state index in [4.69, 9.17) is 0 Å². The van der Waals surface area contributed by atoms with Crippen LogP contribution in [0.4, 0.5) is 5.82 Å². The second-order valence-electron chi connectivity index (χ2n) is 3.88. The van der Waals surface area contributed by atoms with Crippen LogP contribution >= 0.6 is 31.9 Å². The topological polar surface area (TPSA) is 63.0 Å². The molecule has 0 aromatic carbocycles. The highest BCUT2D eigenvalue weighted by molar-refractivity contribution is 9.13. The number of aliphatic hydroxyl groups is 1. The van der Waals surface area contributed by atoms with Crippen LogP contribution in [0.25, 0.3) is 0 Å². The highest BCUT2D eigenvalue weighted by Gasteiger charge is 2.12. The Morgan fingerprint density at radius 3 is 2.89 bits per heavy atom. The van der Waals surface area contributed by atoms with Crippen LogP contribution in [0.5, 0.6) is 0 Å². The van der Waals surface area contributed by atoms with Gasteiger partial charge < -0.3 is 15.0 Å². The van der Waals surface area contributed by atoms with Crippen molar-refractivity contribution >= 4 is 37.7 Å². The molecule has 2 aromatic rings. The molecule has 0 aliphatic rings. The van der Waals surface area contributed by atoms with Crippen LogP contribution in [0.3, 0.4) is 0 Å². The van der Waals surface area contributed by atoms with E-state index in [1.54, 1.807) is 12.3 Å². The summed E-state index contributed by atoms with van der Waals surface area (Å²) in [7, 11) is 0. The lowest BCUT2D eigenvalue weighted by Gasteiger charge is -2.10. The molecule has 0 amide bonds. The zero-order valence-corrected chi connectivity index (χ0v) is 13.6. The van der Waals surface area contributed by atoms with Crippen LogP contribution in [0.15, 0.2) is 27.5 Å². The Hall–Kier alpha value is -0.920. The number of aliphatic hydroxyl groups excluding tert-OH is 1. The number of aromatic nitrogens is 3. The van der Waals surface area contributed by atoms with E-state index < -0.39 is 0 Å². The Bertz CT molecular complexity index is 571. The van der Waals surface area contributed by atoms with Crippen molar-refractivity contribution in [2.45, 2.75) is 26.6 Å². The first-order valence-corrected chi connectivity index (χ1v) is 7.45. The minimum atomic E-state index is -0.0359. The third-order valence-corrected chi connectivity index (χ3v) is 4.63. The van der Waals surface area contributed by atoms with E-state index in [2.05, 4.69) is 58.6 Å². The molecule has 2 aromatic heterocycles. The second kappa shape index (κ2) is 6.49. The van der Waals surface area contributed by atoms with Crippen molar-refractivity contribution in [2.75, 3.05) is 5.32 Å². The fourth-order valence-corrected chi connectivity index (χ4v) is 2.75. The standard InChI is InChI=1S/C12H14Br2N4O/c1-2-18-9(17-10(13)11(18)14)6-16-12-8(7-19)4-3-5-15-12/h3-5,19H,2,6-7H2,1H3,(H,15,16). The molecule has 0 radical (unpaired) electrons. The molecule has 5 nitrogen and oxygen atoms in total. The number of hydrogen-bond donors (Lipinski definition) is 2. The second-order valence-corrected chi connectivity index (χ2v) is 5.38. The van der Waals surface area contributed by atoms with Gasteiger partial charge in [-0.05, 0) is 44.8 Å². The van der Waals surface area contributed by atoms with Crippen molar-refractivity contribution in [3.05, 3.63) is 38.9 Å². The van der Waals surface area contributed by atoms with Crippen molar-refractivity contribution in [1.29, 1.82) is 0 Å². The van der Waals surface area contributed by atoms with E-state index >= 15 is 0 Å². The first kappa shape index (κ1) is 14.5. The summed E-state index contributed by atoms with van der Waals surface area (Å²) in [5.41, 5.74) is 0.773. The molecule has 2 rings (SSSR count). The molecule has 0 atom stereocenters. The normalized spacial score (nSPS) is 10.7. The number of hydrogen-bond acceptors (Lipinski definition) is 4. The van der Waals surface area contributed by atoms with Crippen LogP contribution in [0.2, 0.25) is 0 Å². The molecule has 0 fully saturated rings. The molecule has 0 spiro atoms. The monoisotopic (exact) mass is 388 g/mol. The van der Waals surface area contributed by atoms with Crippen LogP contribution in [0, 0.1) is 0 Å². The molecule has 0 aliphatic heterocycles. The van der Waals surface area contributed by atoms with Gasteiger partial charge in [0, 0.05) is 18.3 Å². The van der Waals surface area contributed by atoms with Crippen molar-refractivity contribution < 1.29 is 5.11 Å². The molecule has 2 heterocycles. The SMILES string of the molecule is CCn1c(CNc2ncccc2CO)nc(Br)c1Br. The van der Waals surface area contributed by atoms with E-state index in [0.29, 0.717) is 12.4 Å². The van der Waals surface area contributed by atoms with E-state index in [-0.39, 0.29) is 6.61 Å². The lowest BCUT2D eigenvalue weighted by Crippen LogP contribution is -2.10. The number of nitrogens with one attached hydrogen (secondary N) is 1. The van der Waals surface area contributed by atoms with Gasteiger partial charge in [-0.25, -0.2) is 9.97 Å². The molecule has 0 aliphatic carbocycles. The summed E-state index contributed by atoms with van der Waals surface area (Å²) in [5.74, 6) is 1.58. The molecule has 102 valence electrons. The van der Waals surface area contributed by atoms with Crippen LogP contribution in [0.1, 0.15) is 18.3 Å². The van der Waals surface area contributed by atoms with Gasteiger partial charge in [0.15, 0.2) is 0 Å². The zero-order valence-electron chi connectivity index (χ0n) is 10.4. The Morgan fingerprint density at radius 1 is 1.42 bits per heavy atom. The summed E-state index contributed by atoms with van der Waals surface area (Å²) >= 11 is 6.89. The summed E-state index contributed by atoms with van der Waals surface area (Å²) in [6, 6.07) is 3.64. The van der Waals surface area contributed by atoms with Gasteiger partial charge in [0.1, 0.15) is 20.8 Å². The molecule has 2 N–H and O–H groups in total. The molecule has 0 saturated heterocycles. The summed E-state index contributed by atoms with van der Waals surface area (Å²) in [5, 5.41) is 12.4. The van der Waals surface area contributed by atoms with Crippen molar-refractivity contribution in [3.8, 4) is 0 Å². The number of rotatable bonds is 5. The zero-order chi connectivity index (χ0) is 13.8. The lowest BCUT2D eigenvalue weighted by molar-refractivity contribution is 0.282. The van der Waals surface area contributed by atoms with Gasteiger partial charge >= 0.3 is 0 Å². The molecular formula is C12H14Br2N4O. The van der Waals surface area contributed by atoms with Gasteiger partial charge in [0.05, 0.1) is 13.2 Å². The number of pyridine rings is 1. The average Bonchev–Trinajstić information content (AvgIpc) is 2.71. The van der Waals surface area contributed by atoms with Gasteiger partial charge in [-0.3, -0.25) is 0 Å². The van der Waals surface area contributed by atoms with E-state index in [1.807, 2.05) is 6.07 Å². The Balaban J connectivity index is 2.17. The third-order valence-electron chi connectivity index (χ3n) is 2.74. The van der Waals surface area contributed by atoms with E-state index in [9.17, 15) is 5.11 Å². The van der Waals surface area contributed by atoms with Gasteiger partial charge in [-0.2, -0.15) is 0 Å². The molecule has 0 unspecified atom stereocenters. The number of anilines is 1. The van der Waals surface area contributed by atoms with Gasteiger partial charge in [-0.1, -0.05) is 6.07 Å². The highest BCUT2D eigenvalue weighted by atomic mass is 79.9.